The van der Waals surface area contributed by atoms with Gasteiger partial charge in [0.25, 0.3) is 0 Å². The van der Waals surface area contributed by atoms with Crippen LogP contribution in [-0.2, 0) is 35.1 Å². The number of esters is 1. The van der Waals surface area contributed by atoms with Gasteiger partial charge in [-0.25, -0.2) is 9.59 Å². The fourth-order valence-electron chi connectivity index (χ4n) is 2.81. The van der Waals surface area contributed by atoms with Crippen molar-refractivity contribution in [1.82, 2.24) is 10.6 Å². The number of amides is 2. The SMILES string of the molecule is COC(=O)[C@H]1O[C@@H](OCCNC(=O)OCc2ccccc2)[C@@H](NC(C)=O)[C@@H](O)[C@@H]1O. The minimum Gasteiger partial charge on any atom is -0.467 e. The Balaban J connectivity index is 1.84. The van der Waals surface area contributed by atoms with Gasteiger partial charge in [-0.3, -0.25) is 4.79 Å². The zero-order chi connectivity index (χ0) is 22.1. The molecule has 0 aliphatic carbocycles. The maximum atomic E-state index is 11.8. The van der Waals surface area contributed by atoms with Crippen molar-refractivity contribution >= 4 is 18.0 Å². The highest BCUT2D eigenvalue weighted by Gasteiger charge is 2.48. The molecular formula is C19H26N2O9. The number of aliphatic hydroxyl groups is 2. The molecule has 2 amide bonds. The number of rotatable bonds is 8. The predicted molar refractivity (Wildman–Crippen MR) is 101 cm³/mol. The van der Waals surface area contributed by atoms with Crippen LogP contribution in [0, 0.1) is 0 Å². The first-order valence-corrected chi connectivity index (χ1v) is 9.26. The van der Waals surface area contributed by atoms with Gasteiger partial charge in [0, 0.05) is 13.5 Å². The fraction of sp³-hybridized carbons (Fsp3) is 0.526. The van der Waals surface area contributed by atoms with Crippen LogP contribution < -0.4 is 10.6 Å². The molecule has 0 radical (unpaired) electrons. The molecule has 0 aromatic heterocycles. The number of methoxy groups -OCH3 is 1. The summed E-state index contributed by atoms with van der Waals surface area (Å²) < 4.78 is 20.5. The van der Waals surface area contributed by atoms with E-state index in [1.54, 1.807) is 0 Å². The minimum absolute atomic E-state index is 0.0296. The van der Waals surface area contributed by atoms with Gasteiger partial charge in [-0.05, 0) is 5.56 Å². The molecule has 1 aliphatic heterocycles. The molecule has 11 nitrogen and oxygen atoms in total. The fourth-order valence-corrected chi connectivity index (χ4v) is 2.81. The Morgan fingerprint density at radius 1 is 1.13 bits per heavy atom. The first-order chi connectivity index (χ1) is 14.3. The molecule has 30 heavy (non-hydrogen) atoms. The summed E-state index contributed by atoms with van der Waals surface area (Å²) in [5.74, 6) is -1.40. The molecule has 1 aromatic rings. The summed E-state index contributed by atoms with van der Waals surface area (Å²) in [6.07, 6.45) is -6.59. The topological polar surface area (TPSA) is 153 Å². The normalized spacial score (nSPS) is 25.8. The highest BCUT2D eigenvalue weighted by molar-refractivity contribution is 5.76. The summed E-state index contributed by atoms with van der Waals surface area (Å²) in [7, 11) is 1.10. The van der Waals surface area contributed by atoms with Crippen molar-refractivity contribution < 1.29 is 43.5 Å². The van der Waals surface area contributed by atoms with Crippen molar-refractivity contribution in [2.45, 2.75) is 44.2 Å². The summed E-state index contributed by atoms with van der Waals surface area (Å²) in [5.41, 5.74) is 0.832. The maximum absolute atomic E-state index is 11.8. The van der Waals surface area contributed by atoms with Crippen molar-refractivity contribution in [2.24, 2.45) is 0 Å². The average molecular weight is 426 g/mol. The summed E-state index contributed by atoms with van der Waals surface area (Å²) in [5, 5.41) is 25.2. The molecule has 1 aliphatic rings. The van der Waals surface area contributed by atoms with Crippen LogP contribution in [0.3, 0.4) is 0 Å². The molecule has 1 aromatic carbocycles. The minimum atomic E-state index is -1.62. The number of benzene rings is 1. The Kier molecular flexibility index (Phi) is 8.99. The van der Waals surface area contributed by atoms with Gasteiger partial charge in [-0.2, -0.15) is 0 Å². The van der Waals surface area contributed by atoms with Crippen LogP contribution >= 0.6 is 0 Å². The van der Waals surface area contributed by atoms with E-state index in [0.29, 0.717) is 0 Å². The molecule has 1 saturated heterocycles. The lowest BCUT2D eigenvalue weighted by molar-refractivity contribution is -0.264. The molecule has 2 rings (SSSR count). The van der Waals surface area contributed by atoms with Gasteiger partial charge in [0.2, 0.25) is 5.91 Å². The van der Waals surface area contributed by atoms with Gasteiger partial charge in [0.05, 0.1) is 13.7 Å². The van der Waals surface area contributed by atoms with E-state index in [2.05, 4.69) is 15.4 Å². The molecule has 0 bridgehead atoms. The molecule has 11 heteroatoms. The summed E-state index contributed by atoms with van der Waals surface area (Å²) in [4.78, 5) is 34.9. The second-order valence-corrected chi connectivity index (χ2v) is 6.52. The molecule has 1 fully saturated rings. The standard InChI is InChI=1S/C19H26N2O9/c1-11(22)21-13-14(23)15(24)16(17(25)27-2)30-18(13)28-9-8-20-19(26)29-10-12-6-4-3-5-7-12/h3-7,13-16,18,23-24H,8-10H2,1-2H3,(H,20,26)(H,21,22)/t13-,14+,15-,16-,18+/m0/s1. The average Bonchev–Trinajstić information content (AvgIpc) is 2.74. The van der Waals surface area contributed by atoms with Crippen LogP contribution in [0.5, 0.6) is 0 Å². The molecular weight excluding hydrogens is 400 g/mol. The van der Waals surface area contributed by atoms with Crippen molar-refractivity contribution in [3.63, 3.8) is 0 Å². The molecule has 4 N–H and O–H groups in total. The smallest absolute Gasteiger partial charge is 0.407 e. The van der Waals surface area contributed by atoms with E-state index in [4.69, 9.17) is 14.2 Å². The molecule has 5 atom stereocenters. The van der Waals surface area contributed by atoms with Crippen LogP contribution in [0.1, 0.15) is 12.5 Å². The van der Waals surface area contributed by atoms with E-state index in [9.17, 15) is 24.6 Å². The van der Waals surface area contributed by atoms with Crippen LogP contribution in [0.4, 0.5) is 4.79 Å². The predicted octanol–water partition coefficient (Wildman–Crippen LogP) is -0.946. The second kappa shape index (κ2) is 11.5. The lowest BCUT2D eigenvalue weighted by atomic mass is 9.96. The maximum Gasteiger partial charge on any atom is 0.407 e. The molecule has 0 unspecified atom stereocenters. The Labute approximate surface area is 173 Å². The Morgan fingerprint density at radius 2 is 1.83 bits per heavy atom. The van der Waals surface area contributed by atoms with Crippen molar-refractivity contribution in [2.75, 3.05) is 20.3 Å². The molecule has 0 saturated carbocycles. The van der Waals surface area contributed by atoms with E-state index in [1.165, 1.54) is 6.92 Å². The number of hydrogen-bond acceptors (Lipinski definition) is 9. The van der Waals surface area contributed by atoms with E-state index < -0.39 is 48.6 Å². The number of hydrogen-bond donors (Lipinski definition) is 4. The Hall–Kier alpha value is -2.73. The zero-order valence-corrected chi connectivity index (χ0v) is 16.6. The Morgan fingerprint density at radius 3 is 2.47 bits per heavy atom. The number of carbonyl (C=O) groups is 3. The number of nitrogens with one attached hydrogen (secondary N) is 2. The van der Waals surface area contributed by atoms with Gasteiger partial charge in [0.1, 0.15) is 24.9 Å². The first-order valence-electron chi connectivity index (χ1n) is 9.26. The monoisotopic (exact) mass is 426 g/mol. The number of carbonyl (C=O) groups excluding carboxylic acids is 3. The van der Waals surface area contributed by atoms with Gasteiger partial charge >= 0.3 is 12.1 Å². The lowest BCUT2D eigenvalue weighted by Gasteiger charge is -2.41. The molecule has 1 heterocycles. The van der Waals surface area contributed by atoms with Crippen molar-refractivity contribution in [3.05, 3.63) is 35.9 Å². The Bertz CT molecular complexity index is 715. The third-order valence-electron chi connectivity index (χ3n) is 4.27. The van der Waals surface area contributed by atoms with Crippen molar-refractivity contribution in [3.8, 4) is 0 Å². The van der Waals surface area contributed by atoms with E-state index in [1.807, 2.05) is 30.3 Å². The quantitative estimate of drug-likeness (QED) is 0.304. The summed E-state index contributed by atoms with van der Waals surface area (Å²) >= 11 is 0. The van der Waals surface area contributed by atoms with E-state index >= 15 is 0 Å². The van der Waals surface area contributed by atoms with Crippen LogP contribution in [0.2, 0.25) is 0 Å². The third-order valence-corrected chi connectivity index (χ3v) is 4.27. The summed E-state index contributed by atoms with van der Waals surface area (Å²) in [6, 6.07) is 8.00. The molecule has 166 valence electrons. The van der Waals surface area contributed by atoms with Crippen LogP contribution in [-0.4, -0.2) is 79.1 Å². The summed E-state index contributed by atoms with van der Waals surface area (Å²) in [6.45, 7) is 1.27. The number of aliphatic hydroxyl groups excluding tert-OH is 2. The number of ether oxygens (including phenoxy) is 4. The lowest BCUT2D eigenvalue weighted by Crippen LogP contribution is -2.65. The number of alkyl carbamates (subject to hydrolysis) is 1. The van der Waals surface area contributed by atoms with Crippen molar-refractivity contribution in [1.29, 1.82) is 0 Å². The van der Waals surface area contributed by atoms with Gasteiger partial charge in [-0.15, -0.1) is 0 Å². The second-order valence-electron chi connectivity index (χ2n) is 6.52. The first kappa shape index (κ1) is 23.5. The molecule has 0 spiro atoms. The van der Waals surface area contributed by atoms with Crippen LogP contribution in [0.25, 0.3) is 0 Å². The van der Waals surface area contributed by atoms with Gasteiger partial charge in [-0.1, -0.05) is 30.3 Å². The van der Waals surface area contributed by atoms with Crippen LogP contribution in [0.15, 0.2) is 30.3 Å². The van der Waals surface area contributed by atoms with Gasteiger partial charge < -0.3 is 39.8 Å². The highest BCUT2D eigenvalue weighted by atomic mass is 16.7. The van der Waals surface area contributed by atoms with E-state index in [-0.39, 0.29) is 19.8 Å². The largest absolute Gasteiger partial charge is 0.467 e. The third kappa shape index (κ3) is 6.66. The highest BCUT2D eigenvalue weighted by Crippen LogP contribution is 2.23. The van der Waals surface area contributed by atoms with E-state index in [0.717, 1.165) is 12.7 Å². The van der Waals surface area contributed by atoms with Gasteiger partial charge in [0.15, 0.2) is 12.4 Å². The zero-order valence-electron chi connectivity index (χ0n) is 16.6.